The van der Waals surface area contributed by atoms with Crippen LogP contribution in [0.3, 0.4) is 0 Å². The minimum Gasteiger partial charge on any atom is -0.366 e. The lowest BCUT2D eigenvalue weighted by Gasteiger charge is -2.07. The predicted octanol–water partition coefficient (Wildman–Crippen LogP) is 4.70. The molecule has 4 rings (SSSR count). The quantitative estimate of drug-likeness (QED) is 0.434. The topological polar surface area (TPSA) is 93.8 Å². The largest absolute Gasteiger partial charge is 0.366 e. The fourth-order valence-electron chi connectivity index (χ4n) is 2.79. The lowest BCUT2D eigenvalue weighted by Crippen LogP contribution is -2.04. The van der Waals surface area contributed by atoms with Crippen molar-refractivity contribution in [3.8, 4) is 11.3 Å². The molecule has 0 aliphatic rings. The normalized spacial score (nSPS) is 11.1. The zero-order valence-corrected chi connectivity index (χ0v) is 16.8. The van der Waals surface area contributed by atoms with E-state index >= 15 is 0 Å². The van der Waals surface area contributed by atoms with Crippen LogP contribution in [0, 0.1) is 0 Å². The number of pyridine rings is 1. The van der Waals surface area contributed by atoms with Gasteiger partial charge in [-0.3, -0.25) is 9.78 Å². The van der Waals surface area contributed by atoms with E-state index in [1.54, 1.807) is 18.5 Å². The Morgan fingerprint density at radius 3 is 2.62 bits per heavy atom. The summed E-state index contributed by atoms with van der Waals surface area (Å²) in [7, 11) is 0. The molecule has 3 N–H and O–H groups in total. The van der Waals surface area contributed by atoms with E-state index in [1.807, 2.05) is 54.6 Å². The standard InChI is InChI=1S/C22H16BrN5O/c23-17-2-1-3-18(11-17)27-22-26-12-16-10-19(25-13-20(16)28-22)15-7-4-14(5-8-15)6-9-21(24)29/h1-13H,(H2,24,29)(H,26,27,28). The van der Waals surface area contributed by atoms with Crippen LogP contribution in [0.25, 0.3) is 28.2 Å². The highest BCUT2D eigenvalue weighted by Crippen LogP contribution is 2.23. The number of benzene rings is 2. The Morgan fingerprint density at radius 2 is 1.86 bits per heavy atom. The Kier molecular flexibility index (Phi) is 5.31. The van der Waals surface area contributed by atoms with Gasteiger partial charge < -0.3 is 11.1 Å². The maximum absolute atomic E-state index is 10.8. The fourth-order valence-corrected chi connectivity index (χ4v) is 3.19. The number of carbonyl (C=O) groups excluding carboxylic acids is 1. The van der Waals surface area contributed by atoms with E-state index in [1.165, 1.54) is 6.08 Å². The van der Waals surface area contributed by atoms with E-state index in [0.29, 0.717) is 5.95 Å². The third kappa shape index (κ3) is 4.64. The number of carbonyl (C=O) groups is 1. The zero-order chi connectivity index (χ0) is 20.2. The number of halogens is 1. The van der Waals surface area contributed by atoms with Crippen molar-refractivity contribution < 1.29 is 4.79 Å². The molecule has 6 nitrogen and oxygen atoms in total. The minimum absolute atomic E-state index is 0.473. The number of nitrogens with two attached hydrogens (primary N) is 1. The van der Waals surface area contributed by atoms with Gasteiger partial charge in [0, 0.05) is 33.4 Å². The Balaban J connectivity index is 1.57. The maximum atomic E-state index is 10.8. The van der Waals surface area contributed by atoms with Crippen LogP contribution in [0.1, 0.15) is 5.56 Å². The van der Waals surface area contributed by atoms with E-state index in [-0.39, 0.29) is 0 Å². The Morgan fingerprint density at radius 1 is 1.03 bits per heavy atom. The van der Waals surface area contributed by atoms with Crippen LogP contribution in [0.15, 0.2) is 77.5 Å². The fraction of sp³-hybridized carbons (Fsp3) is 0. The molecule has 0 fully saturated rings. The molecule has 2 aromatic heterocycles. The van der Waals surface area contributed by atoms with Gasteiger partial charge in [-0.15, -0.1) is 0 Å². The molecule has 0 radical (unpaired) electrons. The number of primary amides is 1. The summed E-state index contributed by atoms with van der Waals surface area (Å²) < 4.78 is 0.978. The summed E-state index contributed by atoms with van der Waals surface area (Å²) in [5.41, 5.74) is 9.43. The van der Waals surface area contributed by atoms with Crippen LogP contribution in [0.2, 0.25) is 0 Å². The number of anilines is 2. The summed E-state index contributed by atoms with van der Waals surface area (Å²) >= 11 is 3.45. The van der Waals surface area contributed by atoms with E-state index in [0.717, 1.165) is 37.9 Å². The van der Waals surface area contributed by atoms with Gasteiger partial charge in [-0.1, -0.05) is 46.3 Å². The van der Waals surface area contributed by atoms with Gasteiger partial charge in [-0.2, -0.15) is 0 Å². The molecule has 29 heavy (non-hydrogen) atoms. The summed E-state index contributed by atoms with van der Waals surface area (Å²) in [4.78, 5) is 24.3. The van der Waals surface area contributed by atoms with Crippen molar-refractivity contribution in [2.45, 2.75) is 0 Å². The van der Waals surface area contributed by atoms with Crippen LogP contribution in [-0.4, -0.2) is 20.9 Å². The second kappa shape index (κ2) is 8.20. The number of aromatic nitrogens is 3. The van der Waals surface area contributed by atoms with Crippen molar-refractivity contribution in [3.05, 3.63) is 83.1 Å². The lowest BCUT2D eigenvalue weighted by atomic mass is 10.1. The van der Waals surface area contributed by atoms with Gasteiger partial charge in [0.15, 0.2) is 0 Å². The van der Waals surface area contributed by atoms with Crippen LogP contribution in [0.5, 0.6) is 0 Å². The molecule has 0 unspecified atom stereocenters. The van der Waals surface area contributed by atoms with Crippen LogP contribution < -0.4 is 11.1 Å². The molecule has 0 aliphatic heterocycles. The van der Waals surface area contributed by atoms with Gasteiger partial charge in [0.1, 0.15) is 0 Å². The Hall–Kier alpha value is -3.58. The molecule has 2 aromatic carbocycles. The number of nitrogens with one attached hydrogen (secondary N) is 1. The molecule has 4 aromatic rings. The Labute approximate surface area is 175 Å². The first-order valence-electron chi connectivity index (χ1n) is 8.80. The molecular formula is C22H16BrN5O. The molecule has 0 atom stereocenters. The van der Waals surface area contributed by atoms with Crippen molar-refractivity contribution >= 4 is 50.5 Å². The number of nitrogens with zero attached hydrogens (tertiary/aromatic N) is 3. The van der Waals surface area contributed by atoms with Crippen molar-refractivity contribution in [1.29, 1.82) is 0 Å². The van der Waals surface area contributed by atoms with E-state index in [4.69, 9.17) is 5.73 Å². The number of rotatable bonds is 5. The molecule has 0 saturated heterocycles. The second-order valence-corrected chi connectivity index (χ2v) is 7.23. The molecule has 0 saturated carbocycles. The first-order chi connectivity index (χ1) is 14.1. The van der Waals surface area contributed by atoms with Gasteiger partial charge >= 0.3 is 0 Å². The molecule has 0 spiro atoms. The first kappa shape index (κ1) is 18.8. The molecule has 142 valence electrons. The highest BCUT2D eigenvalue weighted by molar-refractivity contribution is 9.10. The highest BCUT2D eigenvalue weighted by Gasteiger charge is 2.05. The SMILES string of the molecule is NC(=O)C=Cc1ccc(-c2cc3cnc(Nc4cccc(Br)c4)nc3cn2)cc1. The zero-order valence-electron chi connectivity index (χ0n) is 15.2. The van der Waals surface area contributed by atoms with Crippen LogP contribution >= 0.6 is 15.9 Å². The number of hydrogen-bond donors (Lipinski definition) is 2. The van der Waals surface area contributed by atoms with Gasteiger partial charge in [0.05, 0.1) is 17.4 Å². The van der Waals surface area contributed by atoms with E-state index in [9.17, 15) is 4.79 Å². The Bertz CT molecular complexity index is 1220. The van der Waals surface area contributed by atoms with Crippen molar-refractivity contribution in [2.75, 3.05) is 5.32 Å². The lowest BCUT2D eigenvalue weighted by molar-refractivity contribution is -0.113. The summed E-state index contributed by atoms with van der Waals surface area (Å²) in [5, 5.41) is 4.09. The van der Waals surface area contributed by atoms with E-state index < -0.39 is 5.91 Å². The van der Waals surface area contributed by atoms with Gasteiger partial charge in [0.25, 0.3) is 0 Å². The third-order valence-electron chi connectivity index (χ3n) is 4.19. The van der Waals surface area contributed by atoms with Gasteiger partial charge in [0.2, 0.25) is 11.9 Å². The minimum atomic E-state index is -0.473. The molecular weight excluding hydrogens is 430 g/mol. The average Bonchev–Trinajstić information content (AvgIpc) is 2.72. The van der Waals surface area contributed by atoms with Gasteiger partial charge in [-0.05, 0) is 35.9 Å². The molecule has 1 amide bonds. The molecule has 7 heteroatoms. The summed E-state index contributed by atoms with van der Waals surface area (Å²) in [5.74, 6) is 0.0368. The van der Waals surface area contributed by atoms with Crippen molar-refractivity contribution in [3.63, 3.8) is 0 Å². The first-order valence-corrected chi connectivity index (χ1v) is 9.59. The molecule has 0 aliphatic carbocycles. The maximum Gasteiger partial charge on any atom is 0.241 e. The average molecular weight is 446 g/mol. The van der Waals surface area contributed by atoms with Crippen LogP contribution in [-0.2, 0) is 4.79 Å². The van der Waals surface area contributed by atoms with Crippen LogP contribution in [0.4, 0.5) is 11.6 Å². The van der Waals surface area contributed by atoms with Crippen molar-refractivity contribution in [2.24, 2.45) is 5.73 Å². The predicted molar refractivity (Wildman–Crippen MR) is 118 cm³/mol. The third-order valence-corrected chi connectivity index (χ3v) is 4.69. The number of hydrogen-bond acceptors (Lipinski definition) is 5. The summed E-state index contributed by atoms with van der Waals surface area (Å²) in [6, 6.07) is 17.4. The number of fused-ring (bicyclic) bond motifs is 1. The molecule has 2 heterocycles. The second-order valence-electron chi connectivity index (χ2n) is 6.32. The number of amides is 1. The van der Waals surface area contributed by atoms with Crippen molar-refractivity contribution in [1.82, 2.24) is 15.0 Å². The van der Waals surface area contributed by atoms with Gasteiger partial charge in [-0.25, -0.2) is 9.97 Å². The molecule has 0 bridgehead atoms. The summed E-state index contributed by atoms with van der Waals surface area (Å²) in [6.07, 6.45) is 6.52. The highest BCUT2D eigenvalue weighted by atomic mass is 79.9. The summed E-state index contributed by atoms with van der Waals surface area (Å²) in [6.45, 7) is 0. The monoisotopic (exact) mass is 445 g/mol. The van der Waals surface area contributed by atoms with E-state index in [2.05, 4.69) is 36.2 Å². The smallest absolute Gasteiger partial charge is 0.241 e.